The second-order valence-electron chi connectivity index (χ2n) is 4.20. The first-order valence-electron chi connectivity index (χ1n) is 5.56. The van der Waals surface area contributed by atoms with E-state index in [1.54, 1.807) is 11.3 Å². The third-order valence-corrected chi connectivity index (χ3v) is 4.62. The van der Waals surface area contributed by atoms with Gasteiger partial charge in [-0.2, -0.15) is 0 Å². The molecular formula is C14H11IN2S. The lowest BCUT2D eigenvalue weighted by atomic mass is 10.1. The van der Waals surface area contributed by atoms with E-state index in [0.29, 0.717) is 0 Å². The molecule has 0 saturated carbocycles. The minimum absolute atomic E-state index is 0.828. The number of rotatable bonds is 1. The molecule has 18 heavy (non-hydrogen) atoms. The first-order chi connectivity index (χ1) is 8.63. The largest absolute Gasteiger partial charge is 0.399 e. The van der Waals surface area contributed by atoms with E-state index in [4.69, 9.17) is 5.73 Å². The average molecular weight is 362 g/mol. The van der Waals surface area contributed by atoms with Gasteiger partial charge in [0.1, 0.15) is 5.01 Å². The van der Waals surface area contributed by atoms with Crippen molar-refractivity contribution in [1.29, 1.82) is 0 Å². The molecule has 4 heteroatoms. The molecule has 0 spiro atoms. The van der Waals surface area contributed by atoms with Crippen LogP contribution in [0.1, 0.15) is 5.56 Å². The van der Waals surface area contributed by atoms with Crippen LogP contribution in [0.5, 0.6) is 0 Å². The van der Waals surface area contributed by atoms with Crippen LogP contribution in [0, 0.1) is 10.5 Å². The van der Waals surface area contributed by atoms with Crippen LogP contribution in [-0.2, 0) is 0 Å². The fourth-order valence-corrected chi connectivity index (χ4v) is 3.25. The number of nitrogens with zero attached hydrogens (tertiary/aromatic N) is 1. The number of nitrogen functional groups attached to an aromatic ring is 1. The second-order valence-corrected chi connectivity index (χ2v) is 6.48. The van der Waals surface area contributed by atoms with Crippen LogP contribution in [0.2, 0.25) is 0 Å². The summed E-state index contributed by atoms with van der Waals surface area (Å²) < 4.78 is 2.44. The molecule has 90 valence electrons. The Hall–Kier alpha value is -1.14. The lowest BCUT2D eigenvalue weighted by Gasteiger charge is -2.01. The van der Waals surface area contributed by atoms with E-state index < -0.39 is 0 Å². The van der Waals surface area contributed by atoms with Gasteiger partial charge in [-0.05, 0) is 71.5 Å². The SMILES string of the molecule is Cc1cc(-c2nc3cc([123I])ccc3s2)ccc1N. The molecular weight excluding hydrogens is 351 g/mol. The van der Waals surface area contributed by atoms with E-state index in [-0.39, 0.29) is 0 Å². The van der Waals surface area contributed by atoms with E-state index in [9.17, 15) is 0 Å². The van der Waals surface area contributed by atoms with Gasteiger partial charge in [0.15, 0.2) is 0 Å². The summed E-state index contributed by atoms with van der Waals surface area (Å²) in [6.45, 7) is 2.02. The summed E-state index contributed by atoms with van der Waals surface area (Å²) in [6, 6.07) is 12.4. The molecule has 3 rings (SSSR count). The molecule has 1 aromatic heterocycles. The van der Waals surface area contributed by atoms with E-state index in [2.05, 4.69) is 51.8 Å². The molecule has 2 aromatic carbocycles. The summed E-state index contributed by atoms with van der Waals surface area (Å²) in [5.41, 5.74) is 9.97. The van der Waals surface area contributed by atoms with Crippen LogP contribution in [0.25, 0.3) is 20.8 Å². The Morgan fingerprint density at radius 3 is 2.78 bits per heavy atom. The lowest BCUT2D eigenvalue weighted by molar-refractivity contribution is 1.43. The van der Waals surface area contributed by atoms with Crippen LogP contribution in [0.3, 0.4) is 0 Å². The monoisotopic (exact) mass is 362 g/mol. The average Bonchev–Trinajstić information content (AvgIpc) is 2.75. The van der Waals surface area contributed by atoms with Crippen molar-refractivity contribution >= 4 is 49.8 Å². The van der Waals surface area contributed by atoms with E-state index in [0.717, 1.165) is 27.3 Å². The predicted molar refractivity (Wildman–Crippen MR) is 86.9 cm³/mol. The number of halogens is 1. The minimum Gasteiger partial charge on any atom is -0.399 e. The number of nitrogens with two attached hydrogens (primary N) is 1. The zero-order chi connectivity index (χ0) is 12.7. The Morgan fingerprint density at radius 2 is 2.00 bits per heavy atom. The predicted octanol–water partition coefficient (Wildman–Crippen LogP) is 4.46. The number of aromatic nitrogens is 1. The Labute approximate surface area is 123 Å². The van der Waals surface area contributed by atoms with Gasteiger partial charge in [-0.1, -0.05) is 0 Å². The molecule has 2 nitrogen and oxygen atoms in total. The van der Waals surface area contributed by atoms with Gasteiger partial charge in [0, 0.05) is 14.8 Å². The summed E-state index contributed by atoms with van der Waals surface area (Å²) in [5, 5.41) is 1.05. The molecule has 1 heterocycles. The van der Waals surface area contributed by atoms with Crippen molar-refractivity contribution in [1.82, 2.24) is 4.98 Å². The Kier molecular flexibility index (Phi) is 2.99. The van der Waals surface area contributed by atoms with Crippen LogP contribution in [-0.4, -0.2) is 4.98 Å². The molecule has 0 aliphatic heterocycles. The highest BCUT2D eigenvalue weighted by atomic mass is 123. The molecule has 0 saturated heterocycles. The maximum Gasteiger partial charge on any atom is 0.124 e. The molecule has 0 unspecified atom stereocenters. The van der Waals surface area contributed by atoms with Gasteiger partial charge in [-0.15, -0.1) is 11.3 Å². The van der Waals surface area contributed by atoms with Crippen molar-refractivity contribution in [2.24, 2.45) is 0 Å². The zero-order valence-electron chi connectivity index (χ0n) is 9.77. The fourth-order valence-electron chi connectivity index (χ4n) is 1.83. The summed E-state index contributed by atoms with van der Waals surface area (Å²) in [5.74, 6) is 0. The highest BCUT2D eigenvalue weighted by Crippen LogP contribution is 2.32. The van der Waals surface area contributed by atoms with Crippen molar-refractivity contribution in [3.8, 4) is 10.6 Å². The van der Waals surface area contributed by atoms with Gasteiger partial charge in [0.05, 0.1) is 10.2 Å². The topological polar surface area (TPSA) is 38.9 Å². The smallest absolute Gasteiger partial charge is 0.124 e. The Morgan fingerprint density at radius 1 is 1.17 bits per heavy atom. The second kappa shape index (κ2) is 4.51. The maximum atomic E-state index is 5.84. The van der Waals surface area contributed by atoms with Crippen molar-refractivity contribution in [3.05, 3.63) is 45.5 Å². The van der Waals surface area contributed by atoms with Gasteiger partial charge < -0.3 is 5.73 Å². The molecule has 0 fully saturated rings. The van der Waals surface area contributed by atoms with Gasteiger partial charge in [-0.25, -0.2) is 4.98 Å². The molecule has 3 aromatic rings. The first-order valence-corrected chi connectivity index (χ1v) is 7.45. The van der Waals surface area contributed by atoms with Gasteiger partial charge in [-0.3, -0.25) is 0 Å². The van der Waals surface area contributed by atoms with Crippen molar-refractivity contribution < 1.29 is 0 Å². The van der Waals surface area contributed by atoms with Crippen LogP contribution < -0.4 is 5.73 Å². The fraction of sp³-hybridized carbons (Fsp3) is 0.0714. The summed E-state index contributed by atoms with van der Waals surface area (Å²) in [6.07, 6.45) is 0. The quantitative estimate of drug-likeness (QED) is 0.513. The summed E-state index contributed by atoms with van der Waals surface area (Å²) in [4.78, 5) is 4.69. The van der Waals surface area contributed by atoms with E-state index >= 15 is 0 Å². The number of aryl methyl sites for hydroxylation is 1. The molecule has 0 bridgehead atoms. The third-order valence-electron chi connectivity index (χ3n) is 2.87. The Balaban J connectivity index is 2.16. The zero-order valence-corrected chi connectivity index (χ0v) is 12.7. The number of hydrogen-bond acceptors (Lipinski definition) is 3. The third kappa shape index (κ3) is 2.10. The van der Waals surface area contributed by atoms with Crippen molar-refractivity contribution in [2.75, 3.05) is 5.73 Å². The van der Waals surface area contributed by atoms with E-state index in [1.165, 1.54) is 8.27 Å². The normalized spacial score (nSPS) is 11.0. The van der Waals surface area contributed by atoms with Crippen molar-refractivity contribution in [3.63, 3.8) is 0 Å². The van der Waals surface area contributed by atoms with Crippen LogP contribution in [0.15, 0.2) is 36.4 Å². The molecule has 0 aliphatic rings. The highest BCUT2D eigenvalue weighted by Gasteiger charge is 2.07. The summed E-state index contributed by atoms with van der Waals surface area (Å²) in [7, 11) is 0. The molecule has 0 radical (unpaired) electrons. The van der Waals surface area contributed by atoms with Gasteiger partial charge in [0.25, 0.3) is 0 Å². The standard InChI is InChI=1S/C14H11IN2S/c1-8-6-9(2-4-11(8)16)14-17-12-7-10(15)3-5-13(12)18-14/h2-7H,16H2,1H3/i15-4. The number of hydrogen-bond donors (Lipinski definition) is 1. The minimum atomic E-state index is 0.828. The van der Waals surface area contributed by atoms with Crippen molar-refractivity contribution in [2.45, 2.75) is 6.92 Å². The van der Waals surface area contributed by atoms with Gasteiger partial charge >= 0.3 is 0 Å². The van der Waals surface area contributed by atoms with Gasteiger partial charge in [0.2, 0.25) is 0 Å². The molecule has 0 aliphatic carbocycles. The van der Waals surface area contributed by atoms with Crippen LogP contribution in [0.4, 0.5) is 5.69 Å². The molecule has 0 amide bonds. The first kappa shape index (κ1) is 11.9. The van der Waals surface area contributed by atoms with Crippen LogP contribution >= 0.6 is 33.9 Å². The number of anilines is 1. The number of benzene rings is 2. The highest BCUT2D eigenvalue weighted by molar-refractivity contribution is 14.1. The molecule has 0 atom stereocenters. The molecule has 2 N–H and O–H groups in total. The lowest BCUT2D eigenvalue weighted by Crippen LogP contribution is -1.89. The maximum absolute atomic E-state index is 5.84. The summed E-state index contributed by atoms with van der Waals surface area (Å²) >= 11 is 4.03. The number of thiazole rings is 1. The Bertz CT molecular complexity index is 734. The van der Waals surface area contributed by atoms with E-state index in [1.807, 2.05) is 19.1 Å². The number of fused-ring (bicyclic) bond motifs is 1.